The Bertz CT molecular complexity index is 720. The minimum absolute atomic E-state index is 0.140. The molecule has 0 fully saturated rings. The lowest BCUT2D eigenvalue weighted by Crippen LogP contribution is -2.29. The molecule has 3 N–H and O–H groups in total. The van der Waals surface area contributed by atoms with Crippen LogP contribution in [-0.2, 0) is 11.3 Å². The van der Waals surface area contributed by atoms with Crippen LogP contribution >= 0.6 is 0 Å². The molecule has 0 bridgehead atoms. The molecular formula is C18H20FN3O4. The zero-order chi connectivity index (χ0) is 18.8. The van der Waals surface area contributed by atoms with Crippen molar-refractivity contribution >= 4 is 11.8 Å². The Morgan fingerprint density at radius 3 is 2.42 bits per heavy atom. The number of pyridine rings is 1. The second kappa shape index (κ2) is 10.2. The average molecular weight is 361 g/mol. The number of aliphatic hydroxyl groups is 1. The Kier molecular flexibility index (Phi) is 7.66. The van der Waals surface area contributed by atoms with Gasteiger partial charge in [-0.2, -0.15) is 0 Å². The molecule has 0 aliphatic rings. The number of hydrogen-bond donors (Lipinski definition) is 3. The summed E-state index contributed by atoms with van der Waals surface area (Å²) in [5.74, 6) is -1.04. The normalized spacial score (nSPS) is 10.4. The molecule has 0 unspecified atom stereocenters. The quantitative estimate of drug-likeness (QED) is 0.576. The van der Waals surface area contributed by atoms with Gasteiger partial charge in [0.15, 0.2) is 0 Å². The molecule has 138 valence electrons. The minimum Gasteiger partial charge on any atom is -0.395 e. The van der Waals surface area contributed by atoms with Crippen LogP contribution in [0.4, 0.5) is 4.39 Å². The van der Waals surface area contributed by atoms with Crippen LogP contribution in [-0.4, -0.2) is 48.2 Å². The Labute approximate surface area is 150 Å². The van der Waals surface area contributed by atoms with Gasteiger partial charge in [-0.3, -0.25) is 14.6 Å². The molecule has 0 spiro atoms. The van der Waals surface area contributed by atoms with Crippen molar-refractivity contribution in [2.75, 3.05) is 26.3 Å². The van der Waals surface area contributed by atoms with Gasteiger partial charge in [-0.25, -0.2) is 4.39 Å². The van der Waals surface area contributed by atoms with Crippen LogP contribution in [0.2, 0.25) is 0 Å². The zero-order valence-electron chi connectivity index (χ0n) is 14.1. The zero-order valence-corrected chi connectivity index (χ0v) is 14.1. The number of rotatable bonds is 9. The van der Waals surface area contributed by atoms with Crippen LogP contribution in [0.15, 0.2) is 42.6 Å². The topological polar surface area (TPSA) is 101 Å². The summed E-state index contributed by atoms with van der Waals surface area (Å²) in [7, 11) is 0. The van der Waals surface area contributed by atoms with Crippen molar-refractivity contribution < 1.29 is 23.8 Å². The largest absolute Gasteiger partial charge is 0.395 e. The van der Waals surface area contributed by atoms with Gasteiger partial charge >= 0.3 is 0 Å². The van der Waals surface area contributed by atoms with Gasteiger partial charge in [-0.15, -0.1) is 0 Å². The Hall–Kier alpha value is -2.84. The predicted octanol–water partition coefficient (Wildman–Crippen LogP) is 0.889. The van der Waals surface area contributed by atoms with Crippen molar-refractivity contribution in [3.63, 3.8) is 0 Å². The van der Waals surface area contributed by atoms with E-state index in [-0.39, 0.29) is 30.6 Å². The fourth-order valence-corrected chi connectivity index (χ4v) is 2.03. The van der Waals surface area contributed by atoms with E-state index in [9.17, 15) is 14.0 Å². The van der Waals surface area contributed by atoms with Gasteiger partial charge in [0.25, 0.3) is 11.8 Å². The summed E-state index contributed by atoms with van der Waals surface area (Å²) in [6, 6.07) is 8.93. The Morgan fingerprint density at radius 2 is 1.77 bits per heavy atom. The maximum Gasteiger partial charge on any atom is 0.269 e. The van der Waals surface area contributed by atoms with E-state index < -0.39 is 5.91 Å². The number of aliphatic hydroxyl groups excluding tert-OH is 1. The summed E-state index contributed by atoms with van der Waals surface area (Å²) in [6.45, 7) is 0.919. The van der Waals surface area contributed by atoms with Crippen LogP contribution in [0.3, 0.4) is 0 Å². The summed E-state index contributed by atoms with van der Waals surface area (Å²) < 4.78 is 18.2. The second-order valence-electron chi connectivity index (χ2n) is 5.35. The third-order valence-corrected chi connectivity index (χ3v) is 3.37. The predicted molar refractivity (Wildman–Crippen MR) is 92.0 cm³/mol. The molecule has 2 rings (SSSR count). The molecular weight excluding hydrogens is 341 g/mol. The molecule has 8 heteroatoms. The SMILES string of the molecule is O=C(NCCOCc1ccc(F)cc1)c1ccc(C(=O)NCCO)nc1. The van der Waals surface area contributed by atoms with Gasteiger partial charge in [0.05, 0.1) is 25.4 Å². The first-order valence-electron chi connectivity index (χ1n) is 8.05. The lowest BCUT2D eigenvalue weighted by molar-refractivity contribution is 0.0897. The molecule has 1 aromatic carbocycles. The number of amides is 2. The van der Waals surface area contributed by atoms with Crippen molar-refractivity contribution in [2.45, 2.75) is 6.61 Å². The van der Waals surface area contributed by atoms with Crippen LogP contribution in [0.25, 0.3) is 0 Å². The molecule has 0 saturated heterocycles. The maximum absolute atomic E-state index is 12.8. The number of nitrogens with one attached hydrogen (secondary N) is 2. The molecule has 0 atom stereocenters. The number of benzene rings is 1. The highest BCUT2D eigenvalue weighted by atomic mass is 19.1. The van der Waals surface area contributed by atoms with Gasteiger partial charge in [0.1, 0.15) is 11.5 Å². The first-order chi connectivity index (χ1) is 12.6. The molecule has 0 aliphatic heterocycles. The summed E-state index contributed by atoms with van der Waals surface area (Å²) in [4.78, 5) is 27.6. The second-order valence-corrected chi connectivity index (χ2v) is 5.35. The van der Waals surface area contributed by atoms with Crippen molar-refractivity contribution in [1.29, 1.82) is 0 Å². The molecule has 0 aliphatic carbocycles. The van der Waals surface area contributed by atoms with Crippen molar-refractivity contribution in [3.05, 3.63) is 65.2 Å². The van der Waals surface area contributed by atoms with Crippen LogP contribution < -0.4 is 10.6 Å². The number of hydrogen-bond acceptors (Lipinski definition) is 5. The highest BCUT2D eigenvalue weighted by Crippen LogP contribution is 2.04. The van der Waals surface area contributed by atoms with Crippen molar-refractivity contribution in [3.8, 4) is 0 Å². The summed E-state index contributed by atoms with van der Waals surface area (Å²) in [5, 5.41) is 13.8. The van der Waals surface area contributed by atoms with E-state index in [0.29, 0.717) is 25.3 Å². The standard InChI is InChI=1S/C18H20FN3O4/c19-15-4-1-13(2-5-15)12-26-10-8-21-17(24)14-3-6-16(22-11-14)18(25)20-7-9-23/h1-6,11,23H,7-10,12H2,(H,20,25)(H,21,24). The van der Waals surface area contributed by atoms with E-state index in [4.69, 9.17) is 9.84 Å². The van der Waals surface area contributed by atoms with Gasteiger partial charge in [-0.05, 0) is 29.8 Å². The number of ether oxygens (including phenoxy) is 1. The lowest BCUT2D eigenvalue weighted by Gasteiger charge is -2.07. The van der Waals surface area contributed by atoms with Gasteiger partial charge < -0.3 is 20.5 Å². The molecule has 26 heavy (non-hydrogen) atoms. The van der Waals surface area contributed by atoms with Crippen molar-refractivity contribution in [2.24, 2.45) is 0 Å². The first kappa shape index (κ1) is 19.5. The van der Waals surface area contributed by atoms with E-state index >= 15 is 0 Å². The number of aromatic nitrogens is 1. The van der Waals surface area contributed by atoms with Gasteiger partial charge in [-0.1, -0.05) is 12.1 Å². The third-order valence-electron chi connectivity index (χ3n) is 3.37. The smallest absolute Gasteiger partial charge is 0.269 e. The van der Waals surface area contributed by atoms with E-state index in [1.54, 1.807) is 12.1 Å². The lowest BCUT2D eigenvalue weighted by atomic mass is 10.2. The number of carbonyl (C=O) groups is 2. The highest BCUT2D eigenvalue weighted by Gasteiger charge is 2.09. The fourth-order valence-electron chi connectivity index (χ4n) is 2.03. The summed E-state index contributed by atoms with van der Waals surface area (Å²) >= 11 is 0. The van der Waals surface area contributed by atoms with E-state index in [0.717, 1.165) is 5.56 Å². The number of carbonyl (C=O) groups excluding carboxylic acids is 2. The Balaban J connectivity index is 1.70. The Morgan fingerprint density at radius 1 is 1.04 bits per heavy atom. The highest BCUT2D eigenvalue weighted by molar-refractivity contribution is 5.96. The monoisotopic (exact) mass is 361 g/mol. The van der Waals surface area contributed by atoms with E-state index in [1.165, 1.54) is 30.5 Å². The van der Waals surface area contributed by atoms with Crippen LogP contribution in [0.5, 0.6) is 0 Å². The van der Waals surface area contributed by atoms with Crippen molar-refractivity contribution in [1.82, 2.24) is 15.6 Å². The molecule has 7 nitrogen and oxygen atoms in total. The van der Waals surface area contributed by atoms with Crippen LogP contribution in [0, 0.1) is 5.82 Å². The number of halogens is 1. The maximum atomic E-state index is 12.8. The van der Waals surface area contributed by atoms with Gasteiger partial charge in [0.2, 0.25) is 0 Å². The molecule has 1 aromatic heterocycles. The molecule has 0 radical (unpaired) electrons. The molecule has 1 heterocycles. The van der Waals surface area contributed by atoms with Crippen LogP contribution in [0.1, 0.15) is 26.4 Å². The first-order valence-corrected chi connectivity index (χ1v) is 8.05. The fraction of sp³-hybridized carbons (Fsp3) is 0.278. The van der Waals surface area contributed by atoms with Gasteiger partial charge in [0, 0.05) is 19.3 Å². The third kappa shape index (κ3) is 6.23. The minimum atomic E-state index is -0.416. The summed E-state index contributed by atoms with van der Waals surface area (Å²) in [6.07, 6.45) is 1.31. The average Bonchev–Trinajstić information content (AvgIpc) is 2.67. The van der Waals surface area contributed by atoms with E-state index in [2.05, 4.69) is 15.6 Å². The molecule has 2 amide bonds. The molecule has 2 aromatic rings. The van der Waals surface area contributed by atoms with E-state index in [1.807, 2.05) is 0 Å². The summed E-state index contributed by atoms with van der Waals surface area (Å²) in [5.41, 5.74) is 1.33. The number of nitrogens with zero attached hydrogens (tertiary/aromatic N) is 1. The molecule has 0 saturated carbocycles.